The normalized spacial score (nSPS) is 13.1. The molecule has 1 aliphatic rings. The Kier molecular flexibility index (Phi) is 6.06. The summed E-state index contributed by atoms with van der Waals surface area (Å²) in [6.45, 7) is 3.95. The topological polar surface area (TPSA) is 88.7 Å². The summed E-state index contributed by atoms with van der Waals surface area (Å²) in [5.74, 6) is 0.193. The van der Waals surface area contributed by atoms with Crippen molar-refractivity contribution in [3.8, 4) is 5.75 Å². The maximum atomic E-state index is 13.1. The van der Waals surface area contributed by atoms with Gasteiger partial charge in [0.25, 0.3) is 5.91 Å². The number of aromatic nitrogens is 1. The fraction of sp³-hybridized carbons (Fsp3) is 0.409. The molecular weight excluding hydrogens is 372 g/mol. The van der Waals surface area contributed by atoms with Crippen LogP contribution in [0.25, 0.3) is 0 Å². The van der Waals surface area contributed by atoms with Gasteiger partial charge in [0.1, 0.15) is 11.4 Å². The second-order valence-electron chi connectivity index (χ2n) is 7.40. The Morgan fingerprint density at radius 3 is 2.31 bits per heavy atom. The van der Waals surface area contributed by atoms with Gasteiger partial charge in [0.15, 0.2) is 5.78 Å². The molecule has 7 nitrogen and oxygen atoms in total. The number of aromatic amines is 1. The number of carbonyl (C=O) groups is 3. The largest absolute Gasteiger partial charge is 0.497 e. The predicted octanol–water partition coefficient (Wildman–Crippen LogP) is 3.16. The van der Waals surface area contributed by atoms with E-state index in [0.29, 0.717) is 40.6 Å². The van der Waals surface area contributed by atoms with E-state index in [1.54, 1.807) is 50.1 Å². The van der Waals surface area contributed by atoms with Crippen LogP contribution in [0, 0.1) is 19.8 Å². The highest BCUT2D eigenvalue weighted by Gasteiger charge is 2.30. The summed E-state index contributed by atoms with van der Waals surface area (Å²) in [7, 11) is 2.86. The van der Waals surface area contributed by atoms with Crippen molar-refractivity contribution in [1.29, 1.82) is 0 Å². The summed E-state index contributed by atoms with van der Waals surface area (Å²) in [6, 6.07) is 6.86. The van der Waals surface area contributed by atoms with E-state index >= 15 is 0 Å². The van der Waals surface area contributed by atoms with Crippen LogP contribution in [0.5, 0.6) is 5.75 Å². The molecule has 0 aliphatic heterocycles. The lowest BCUT2D eigenvalue weighted by Crippen LogP contribution is -2.37. The summed E-state index contributed by atoms with van der Waals surface area (Å²) in [5.41, 5.74) is 2.35. The van der Waals surface area contributed by atoms with Gasteiger partial charge in [-0.05, 0) is 62.4 Å². The number of hydrogen-bond acceptors (Lipinski definition) is 5. The van der Waals surface area contributed by atoms with Crippen LogP contribution < -0.4 is 4.74 Å². The fourth-order valence-corrected chi connectivity index (χ4v) is 3.47. The van der Waals surface area contributed by atoms with Gasteiger partial charge in [-0.3, -0.25) is 9.59 Å². The maximum absolute atomic E-state index is 13.1. The van der Waals surface area contributed by atoms with Crippen molar-refractivity contribution in [3.63, 3.8) is 0 Å². The number of benzene rings is 1. The molecule has 1 fully saturated rings. The van der Waals surface area contributed by atoms with Crippen molar-refractivity contribution in [2.45, 2.75) is 26.7 Å². The summed E-state index contributed by atoms with van der Waals surface area (Å²) in [6.07, 6.45) is 2.13. The number of amides is 1. The number of methoxy groups -OCH3 is 2. The molecule has 1 saturated carbocycles. The molecule has 154 valence electrons. The third-order valence-corrected chi connectivity index (χ3v) is 5.24. The Bertz CT molecular complexity index is 925. The van der Waals surface area contributed by atoms with Crippen molar-refractivity contribution >= 4 is 17.7 Å². The molecule has 1 aromatic heterocycles. The van der Waals surface area contributed by atoms with Crippen LogP contribution in [0.4, 0.5) is 0 Å². The van der Waals surface area contributed by atoms with Crippen LogP contribution in [-0.4, -0.2) is 54.9 Å². The van der Waals surface area contributed by atoms with Crippen molar-refractivity contribution in [1.82, 2.24) is 9.88 Å². The van der Waals surface area contributed by atoms with Crippen LogP contribution in [-0.2, 0) is 4.74 Å². The molecule has 0 unspecified atom stereocenters. The van der Waals surface area contributed by atoms with Gasteiger partial charge in [-0.25, -0.2) is 4.79 Å². The first-order valence-corrected chi connectivity index (χ1v) is 9.59. The van der Waals surface area contributed by atoms with Gasteiger partial charge in [-0.1, -0.05) is 0 Å². The first kappa shape index (κ1) is 20.6. The Hall–Kier alpha value is -3.09. The molecule has 7 heteroatoms. The van der Waals surface area contributed by atoms with E-state index in [1.807, 2.05) is 0 Å². The van der Waals surface area contributed by atoms with Gasteiger partial charge in [-0.15, -0.1) is 0 Å². The van der Waals surface area contributed by atoms with E-state index in [1.165, 1.54) is 7.11 Å². The van der Waals surface area contributed by atoms with Gasteiger partial charge in [0, 0.05) is 23.4 Å². The van der Waals surface area contributed by atoms with E-state index in [0.717, 1.165) is 12.8 Å². The molecule has 0 spiro atoms. The lowest BCUT2D eigenvalue weighted by Gasteiger charge is -2.22. The Morgan fingerprint density at radius 1 is 1.10 bits per heavy atom. The summed E-state index contributed by atoms with van der Waals surface area (Å²) >= 11 is 0. The van der Waals surface area contributed by atoms with E-state index in [-0.39, 0.29) is 23.9 Å². The number of nitrogens with one attached hydrogen (secondary N) is 1. The summed E-state index contributed by atoms with van der Waals surface area (Å²) < 4.78 is 9.91. The first-order valence-electron chi connectivity index (χ1n) is 9.59. The lowest BCUT2D eigenvalue weighted by atomic mass is 10.0. The number of ether oxygens (including phenoxy) is 2. The molecule has 1 aliphatic carbocycles. The number of hydrogen-bond donors (Lipinski definition) is 1. The minimum Gasteiger partial charge on any atom is -0.497 e. The van der Waals surface area contributed by atoms with Gasteiger partial charge < -0.3 is 19.4 Å². The van der Waals surface area contributed by atoms with Crippen molar-refractivity contribution < 1.29 is 23.9 Å². The van der Waals surface area contributed by atoms with E-state index < -0.39 is 5.97 Å². The van der Waals surface area contributed by atoms with Crippen LogP contribution in [0.2, 0.25) is 0 Å². The van der Waals surface area contributed by atoms with Gasteiger partial charge in [-0.2, -0.15) is 0 Å². The molecule has 0 radical (unpaired) electrons. The fourth-order valence-electron chi connectivity index (χ4n) is 3.47. The smallest absolute Gasteiger partial charge is 0.354 e. The number of H-pyrrole nitrogens is 1. The number of aryl methyl sites for hydroxylation is 1. The maximum Gasteiger partial charge on any atom is 0.354 e. The van der Waals surface area contributed by atoms with Crippen LogP contribution in [0.15, 0.2) is 24.3 Å². The van der Waals surface area contributed by atoms with E-state index in [4.69, 9.17) is 9.47 Å². The van der Waals surface area contributed by atoms with Crippen LogP contribution >= 0.6 is 0 Å². The minimum absolute atomic E-state index is 0.0402. The third kappa shape index (κ3) is 4.50. The lowest BCUT2D eigenvalue weighted by molar-refractivity contribution is 0.0593. The Morgan fingerprint density at radius 2 is 1.76 bits per heavy atom. The number of Topliss-reactive ketones (excluding diaryl/α,β-unsaturated/α-hetero) is 1. The quantitative estimate of drug-likeness (QED) is 0.545. The molecule has 0 bridgehead atoms. The zero-order valence-corrected chi connectivity index (χ0v) is 17.2. The van der Waals surface area contributed by atoms with Gasteiger partial charge in [0.2, 0.25) is 0 Å². The SMILES string of the molecule is COC(=O)c1[nH]c(C)c(C(=O)CN(CC2CC2)C(=O)c2ccc(OC)cc2)c1C. The molecule has 29 heavy (non-hydrogen) atoms. The molecular formula is C22H26N2O5. The first-order chi connectivity index (χ1) is 13.8. The number of ketones is 1. The molecule has 0 atom stereocenters. The van der Waals surface area contributed by atoms with Crippen molar-refractivity contribution in [2.24, 2.45) is 5.92 Å². The molecule has 0 saturated heterocycles. The Balaban J connectivity index is 1.83. The second-order valence-corrected chi connectivity index (χ2v) is 7.40. The molecule has 1 N–H and O–H groups in total. The van der Waals surface area contributed by atoms with E-state index in [2.05, 4.69) is 4.98 Å². The highest BCUT2D eigenvalue weighted by Crippen LogP contribution is 2.30. The predicted molar refractivity (Wildman–Crippen MR) is 108 cm³/mol. The second kappa shape index (κ2) is 8.51. The van der Waals surface area contributed by atoms with Gasteiger partial charge >= 0.3 is 5.97 Å². The monoisotopic (exact) mass is 398 g/mol. The zero-order valence-electron chi connectivity index (χ0n) is 17.2. The average molecular weight is 398 g/mol. The number of rotatable bonds is 8. The highest BCUT2D eigenvalue weighted by molar-refractivity contribution is 6.05. The van der Waals surface area contributed by atoms with E-state index in [9.17, 15) is 14.4 Å². The summed E-state index contributed by atoms with van der Waals surface area (Å²) in [5, 5.41) is 0. The third-order valence-electron chi connectivity index (χ3n) is 5.24. The zero-order chi connectivity index (χ0) is 21.1. The molecule has 1 heterocycles. The standard InChI is InChI=1S/C22H26N2O5/c1-13-19(14(2)23-20(13)22(27)29-4)18(25)12-24(11-15-5-6-15)21(26)16-7-9-17(28-3)10-8-16/h7-10,15,23H,5-6,11-12H2,1-4H3. The van der Waals surface area contributed by atoms with Crippen LogP contribution in [0.3, 0.4) is 0 Å². The summed E-state index contributed by atoms with van der Waals surface area (Å²) in [4.78, 5) is 42.6. The van der Waals surface area contributed by atoms with Crippen molar-refractivity contribution in [2.75, 3.05) is 27.3 Å². The van der Waals surface area contributed by atoms with Crippen LogP contribution in [0.1, 0.15) is 55.3 Å². The molecule has 3 rings (SSSR count). The highest BCUT2D eigenvalue weighted by atomic mass is 16.5. The number of nitrogens with zero attached hydrogens (tertiary/aromatic N) is 1. The minimum atomic E-state index is -0.520. The molecule has 1 amide bonds. The molecule has 2 aromatic rings. The average Bonchev–Trinajstić information content (AvgIpc) is 3.49. The van der Waals surface area contributed by atoms with Gasteiger partial charge in [0.05, 0.1) is 20.8 Å². The Labute approximate surface area is 170 Å². The molecule has 1 aromatic carbocycles. The number of esters is 1. The number of carbonyl (C=O) groups excluding carboxylic acids is 3. The van der Waals surface area contributed by atoms with Crippen molar-refractivity contribution in [3.05, 3.63) is 52.3 Å².